The third-order valence-corrected chi connectivity index (χ3v) is 6.71. The highest BCUT2D eigenvalue weighted by Gasteiger charge is 2.32. The summed E-state index contributed by atoms with van der Waals surface area (Å²) in [5, 5.41) is 0. The maximum Gasteiger partial charge on any atom is 0.342 e. The quantitative estimate of drug-likeness (QED) is 0.373. The Morgan fingerprint density at radius 3 is 2.43 bits per heavy atom. The Bertz CT molecular complexity index is 1210. The molecule has 0 aliphatic carbocycles. The van der Waals surface area contributed by atoms with Gasteiger partial charge in [-0.2, -0.15) is 0 Å². The fourth-order valence-corrected chi connectivity index (χ4v) is 4.85. The van der Waals surface area contributed by atoms with Gasteiger partial charge in [0.2, 0.25) is 0 Å². The molecule has 0 radical (unpaired) electrons. The summed E-state index contributed by atoms with van der Waals surface area (Å²) in [6, 6.07) is 19.7. The van der Waals surface area contributed by atoms with Crippen LogP contribution < -0.4 is 4.90 Å². The van der Waals surface area contributed by atoms with E-state index in [1.807, 2.05) is 74.5 Å². The maximum atomic E-state index is 13.3. The van der Waals surface area contributed by atoms with Gasteiger partial charge in [-0.15, -0.1) is 0 Å². The zero-order valence-corrected chi connectivity index (χ0v) is 22.0. The van der Waals surface area contributed by atoms with E-state index in [1.165, 1.54) is 7.11 Å². The number of ether oxygens (including phenoxy) is 2. The van der Waals surface area contributed by atoms with Crippen LogP contribution in [0.25, 0.3) is 11.1 Å². The highest BCUT2D eigenvalue weighted by atomic mass is 16.5. The molecule has 0 bridgehead atoms. The minimum Gasteiger partial charge on any atom is -0.465 e. The molecule has 0 unspecified atom stereocenters. The van der Waals surface area contributed by atoms with Crippen LogP contribution in [0.3, 0.4) is 0 Å². The van der Waals surface area contributed by atoms with Crippen LogP contribution in [0, 0.1) is 0 Å². The van der Waals surface area contributed by atoms with Crippen molar-refractivity contribution in [2.75, 3.05) is 31.6 Å². The highest BCUT2D eigenvalue weighted by molar-refractivity contribution is 6.02. The van der Waals surface area contributed by atoms with Gasteiger partial charge in [-0.05, 0) is 56.1 Å². The van der Waals surface area contributed by atoms with Crippen molar-refractivity contribution in [2.45, 2.75) is 45.9 Å². The summed E-state index contributed by atoms with van der Waals surface area (Å²) in [6.45, 7) is 9.10. The van der Waals surface area contributed by atoms with Crippen molar-refractivity contribution in [3.05, 3.63) is 83.6 Å². The molecule has 1 saturated heterocycles. The third-order valence-electron chi connectivity index (χ3n) is 6.71. The number of methoxy groups -OCH3 is 1. The molecule has 1 aromatic heterocycles. The van der Waals surface area contributed by atoms with Crippen molar-refractivity contribution in [3.8, 4) is 11.1 Å². The largest absolute Gasteiger partial charge is 0.465 e. The summed E-state index contributed by atoms with van der Waals surface area (Å²) in [7, 11) is 1.39. The lowest BCUT2D eigenvalue weighted by Crippen LogP contribution is -2.37. The molecule has 1 aliphatic heterocycles. The number of anilines is 1. The molecular weight excluding hydrogens is 466 g/mol. The van der Waals surface area contributed by atoms with Crippen LogP contribution >= 0.6 is 0 Å². The zero-order valence-electron chi connectivity index (χ0n) is 22.0. The molecule has 0 saturated carbocycles. The Hall–Kier alpha value is -3.71. The van der Waals surface area contributed by atoms with Gasteiger partial charge in [0.1, 0.15) is 11.4 Å². The first-order valence-corrected chi connectivity index (χ1v) is 12.8. The fourth-order valence-electron chi connectivity index (χ4n) is 4.85. The number of nitrogens with zero attached hydrogens (tertiary/aromatic N) is 3. The number of hydrogen-bond donors (Lipinski definition) is 0. The van der Waals surface area contributed by atoms with Gasteiger partial charge in [0.15, 0.2) is 0 Å². The molecule has 194 valence electrons. The summed E-state index contributed by atoms with van der Waals surface area (Å²) in [4.78, 5) is 34.4. The number of carbonyl (C=O) groups is 2. The minimum atomic E-state index is -0.349. The third kappa shape index (κ3) is 6.17. The molecule has 0 spiro atoms. The van der Waals surface area contributed by atoms with E-state index in [0.717, 1.165) is 49.3 Å². The van der Waals surface area contributed by atoms with E-state index < -0.39 is 0 Å². The lowest BCUT2D eigenvalue weighted by molar-refractivity contribution is 0.0378. The molecule has 3 aromatic rings. The molecule has 4 rings (SSSR count). The Balaban J connectivity index is 1.56. The van der Waals surface area contributed by atoms with Crippen LogP contribution in [-0.2, 0) is 16.0 Å². The van der Waals surface area contributed by atoms with Crippen molar-refractivity contribution < 1.29 is 19.1 Å². The van der Waals surface area contributed by atoms with E-state index in [9.17, 15) is 9.59 Å². The topological polar surface area (TPSA) is 72.0 Å². The van der Waals surface area contributed by atoms with Gasteiger partial charge >= 0.3 is 11.9 Å². The minimum absolute atomic E-state index is 0.225. The molecule has 0 amide bonds. The Morgan fingerprint density at radius 1 is 1.05 bits per heavy atom. The maximum absolute atomic E-state index is 13.3. The number of likely N-dealkylation sites (N-methyl/N-ethyl adjacent to an activating group) is 1. The molecule has 37 heavy (non-hydrogen) atoms. The second-order valence-corrected chi connectivity index (χ2v) is 9.52. The Kier molecular flexibility index (Phi) is 8.56. The Morgan fingerprint density at radius 2 is 1.78 bits per heavy atom. The molecule has 2 aromatic carbocycles. The standard InChI is InChI=1S/C30H35N3O4/c1-5-32(19-22-11-13-24(14-12-22)29(34)36-4)25-16-18-33(20-25)28-27(30(35)37-21(2)3)26(15-17-31-28)23-9-7-6-8-10-23/h6-15,17,21,25H,5,16,18-20H2,1-4H3/t25-/m1/s1. The van der Waals surface area contributed by atoms with E-state index in [0.29, 0.717) is 23.0 Å². The number of esters is 2. The van der Waals surface area contributed by atoms with E-state index in [1.54, 1.807) is 6.20 Å². The van der Waals surface area contributed by atoms with Crippen LogP contribution in [0.15, 0.2) is 66.9 Å². The summed E-state index contributed by atoms with van der Waals surface area (Å²) in [5.41, 5.74) is 4.00. The smallest absolute Gasteiger partial charge is 0.342 e. The second kappa shape index (κ2) is 12.0. The van der Waals surface area contributed by atoms with Crippen molar-refractivity contribution in [1.82, 2.24) is 9.88 Å². The first-order valence-electron chi connectivity index (χ1n) is 12.8. The number of rotatable bonds is 9. The van der Waals surface area contributed by atoms with Crippen LogP contribution in [0.4, 0.5) is 5.82 Å². The highest BCUT2D eigenvalue weighted by Crippen LogP contribution is 2.33. The zero-order chi connectivity index (χ0) is 26.4. The van der Waals surface area contributed by atoms with Crippen molar-refractivity contribution in [1.29, 1.82) is 0 Å². The fraction of sp³-hybridized carbons (Fsp3) is 0.367. The van der Waals surface area contributed by atoms with Crippen LogP contribution in [0.5, 0.6) is 0 Å². The van der Waals surface area contributed by atoms with Gasteiger partial charge in [-0.3, -0.25) is 4.90 Å². The van der Waals surface area contributed by atoms with E-state index in [-0.39, 0.29) is 18.0 Å². The molecule has 2 heterocycles. The summed E-state index contributed by atoms with van der Waals surface area (Å²) in [5.74, 6) is -0.00574. The number of carbonyl (C=O) groups excluding carboxylic acids is 2. The molecule has 1 aliphatic rings. The molecular formula is C30H35N3O4. The van der Waals surface area contributed by atoms with E-state index in [2.05, 4.69) is 21.7 Å². The van der Waals surface area contributed by atoms with Gasteiger partial charge in [0.25, 0.3) is 0 Å². The van der Waals surface area contributed by atoms with Crippen LogP contribution in [0.2, 0.25) is 0 Å². The van der Waals surface area contributed by atoms with Crippen LogP contribution in [0.1, 0.15) is 53.5 Å². The number of hydrogen-bond acceptors (Lipinski definition) is 7. The van der Waals surface area contributed by atoms with Crippen molar-refractivity contribution >= 4 is 17.8 Å². The number of aromatic nitrogens is 1. The summed E-state index contributed by atoms with van der Waals surface area (Å²) in [6.07, 6.45) is 2.51. The Labute approximate surface area is 219 Å². The molecule has 7 heteroatoms. The van der Waals surface area contributed by atoms with Gasteiger partial charge in [-0.1, -0.05) is 49.4 Å². The molecule has 1 atom stereocenters. The number of benzene rings is 2. The average Bonchev–Trinajstić information content (AvgIpc) is 3.41. The SMILES string of the molecule is CCN(Cc1ccc(C(=O)OC)cc1)[C@@H]1CCN(c2nccc(-c3ccccc3)c2C(=O)OC(C)C)C1. The van der Waals surface area contributed by atoms with Gasteiger partial charge in [0.05, 0.1) is 18.8 Å². The van der Waals surface area contributed by atoms with E-state index in [4.69, 9.17) is 9.47 Å². The monoisotopic (exact) mass is 501 g/mol. The first-order chi connectivity index (χ1) is 17.9. The molecule has 7 nitrogen and oxygen atoms in total. The predicted octanol–water partition coefficient (Wildman–Crippen LogP) is 5.20. The van der Waals surface area contributed by atoms with Gasteiger partial charge in [-0.25, -0.2) is 14.6 Å². The normalized spacial score (nSPS) is 15.3. The lowest BCUT2D eigenvalue weighted by atomic mass is 10.0. The van der Waals surface area contributed by atoms with Crippen LogP contribution in [-0.4, -0.2) is 60.7 Å². The van der Waals surface area contributed by atoms with Gasteiger partial charge < -0.3 is 14.4 Å². The predicted molar refractivity (Wildman–Crippen MR) is 145 cm³/mol. The van der Waals surface area contributed by atoms with Gasteiger partial charge in [0, 0.05) is 37.4 Å². The summed E-state index contributed by atoms with van der Waals surface area (Å²) >= 11 is 0. The average molecular weight is 502 g/mol. The second-order valence-electron chi connectivity index (χ2n) is 9.52. The molecule has 1 fully saturated rings. The van der Waals surface area contributed by atoms with E-state index >= 15 is 0 Å². The number of pyridine rings is 1. The van der Waals surface area contributed by atoms with Crippen molar-refractivity contribution in [2.24, 2.45) is 0 Å². The molecule has 0 N–H and O–H groups in total. The first kappa shape index (κ1) is 26.4. The lowest BCUT2D eigenvalue weighted by Gasteiger charge is -2.28. The summed E-state index contributed by atoms with van der Waals surface area (Å²) < 4.78 is 10.5. The van der Waals surface area contributed by atoms with Crippen molar-refractivity contribution in [3.63, 3.8) is 0 Å².